The van der Waals surface area contributed by atoms with Crippen molar-refractivity contribution < 1.29 is 4.74 Å². The van der Waals surface area contributed by atoms with Crippen LogP contribution in [0.4, 0.5) is 0 Å². The van der Waals surface area contributed by atoms with Crippen molar-refractivity contribution in [1.29, 1.82) is 0 Å². The molecule has 1 rings (SSSR count). The summed E-state index contributed by atoms with van der Waals surface area (Å²) in [5, 5.41) is 0. The van der Waals surface area contributed by atoms with Crippen molar-refractivity contribution in [2.45, 2.75) is 27.2 Å². The molecule has 0 fully saturated rings. The SMILES string of the molecule is CCOc1cccc(C)c1CC. The van der Waals surface area contributed by atoms with E-state index in [0.717, 1.165) is 18.8 Å². The lowest BCUT2D eigenvalue weighted by Crippen LogP contribution is -1.97. The Kier molecular flexibility index (Phi) is 3.15. The molecule has 0 aromatic heterocycles. The van der Waals surface area contributed by atoms with Crippen molar-refractivity contribution >= 4 is 0 Å². The second kappa shape index (κ2) is 4.15. The van der Waals surface area contributed by atoms with Gasteiger partial charge in [-0.1, -0.05) is 19.1 Å². The van der Waals surface area contributed by atoms with Gasteiger partial charge in [-0.05, 0) is 37.5 Å². The Morgan fingerprint density at radius 3 is 2.58 bits per heavy atom. The van der Waals surface area contributed by atoms with Gasteiger partial charge in [0, 0.05) is 0 Å². The molecule has 12 heavy (non-hydrogen) atoms. The maximum atomic E-state index is 5.51. The van der Waals surface area contributed by atoms with Crippen LogP contribution in [0.2, 0.25) is 0 Å². The average molecular weight is 164 g/mol. The minimum Gasteiger partial charge on any atom is -0.494 e. The van der Waals surface area contributed by atoms with Crippen LogP contribution in [-0.4, -0.2) is 6.61 Å². The highest BCUT2D eigenvalue weighted by molar-refractivity contribution is 5.39. The summed E-state index contributed by atoms with van der Waals surface area (Å²) < 4.78 is 5.51. The second-order valence-electron chi connectivity index (χ2n) is 2.84. The Labute approximate surface area is 74.4 Å². The normalized spacial score (nSPS) is 9.92. The first-order valence-electron chi connectivity index (χ1n) is 4.50. The minimum atomic E-state index is 0.746. The van der Waals surface area contributed by atoms with E-state index in [-0.39, 0.29) is 0 Å². The van der Waals surface area contributed by atoms with E-state index in [0.29, 0.717) is 0 Å². The standard InChI is InChI=1S/C11H16O/c1-4-10-9(3)7-6-8-11(10)12-5-2/h6-8H,4-5H2,1-3H3. The van der Waals surface area contributed by atoms with E-state index in [1.807, 2.05) is 19.1 Å². The zero-order valence-electron chi connectivity index (χ0n) is 8.05. The van der Waals surface area contributed by atoms with Crippen molar-refractivity contribution in [3.63, 3.8) is 0 Å². The van der Waals surface area contributed by atoms with Crippen LogP contribution in [0.5, 0.6) is 5.75 Å². The topological polar surface area (TPSA) is 9.23 Å². The minimum absolute atomic E-state index is 0.746. The van der Waals surface area contributed by atoms with E-state index in [4.69, 9.17) is 4.74 Å². The number of rotatable bonds is 3. The Balaban J connectivity index is 3.00. The summed E-state index contributed by atoms with van der Waals surface area (Å²) in [6.07, 6.45) is 1.04. The summed E-state index contributed by atoms with van der Waals surface area (Å²) in [7, 11) is 0. The van der Waals surface area contributed by atoms with Crippen LogP contribution in [0.1, 0.15) is 25.0 Å². The van der Waals surface area contributed by atoms with Gasteiger partial charge in [-0.2, -0.15) is 0 Å². The Hall–Kier alpha value is -0.980. The molecule has 0 radical (unpaired) electrons. The molecule has 0 saturated carbocycles. The number of ether oxygens (including phenoxy) is 1. The zero-order chi connectivity index (χ0) is 8.97. The smallest absolute Gasteiger partial charge is 0.122 e. The third-order valence-electron chi connectivity index (χ3n) is 2.02. The number of hydrogen-bond acceptors (Lipinski definition) is 1. The molecule has 0 heterocycles. The van der Waals surface area contributed by atoms with Crippen LogP contribution in [0.15, 0.2) is 18.2 Å². The zero-order valence-corrected chi connectivity index (χ0v) is 8.05. The largest absolute Gasteiger partial charge is 0.494 e. The molecule has 66 valence electrons. The van der Waals surface area contributed by atoms with Gasteiger partial charge in [0.1, 0.15) is 5.75 Å². The maximum absolute atomic E-state index is 5.51. The summed E-state index contributed by atoms with van der Waals surface area (Å²) in [6, 6.07) is 6.20. The summed E-state index contributed by atoms with van der Waals surface area (Å²) in [6.45, 7) is 7.05. The Morgan fingerprint density at radius 1 is 1.25 bits per heavy atom. The fourth-order valence-electron chi connectivity index (χ4n) is 1.42. The van der Waals surface area contributed by atoms with Gasteiger partial charge in [-0.25, -0.2) is 0 Å². The molecule has 0 amide bonds. The third kappa shape index (κ3) is 1.79. The van der Waals surface area contributed by atoms with E-state index in [9.17, 15) is 0 Å². The Bertz CT molecular complexity index is 253. The van der Waals surface area contributed by atoms with E-state index < -0.39 is 0 Å². The summed E-state index contributed by atoms with van der Waals surface area (Å²) in [5.74, 6) is 1.04. The lowest BCUT2D eigenvalue weighted by molar-refractivity contribution is 0.336. The molecule has 0 bridgehead atoms. The Morgan fingerprint density at radius 2 is 2.00 bits per heavy atom. The first-order chi connectivity index (χ1) is 5.79. The van der Waals surface area contributed by atoms with E-state index in [2.05, 4.69) is 19.9 Å². The van der Waals surface area contributed by atoms with Crippen molar-refractivity contribution in [2.24, 2.45) is 0 Å². The molecule has 1 nitrogen and oxygen atoms in total. The molecule has 0 N–H and O–H groups in total. The van der Waals surface area contributed by atoms with Crippen LogP contribution in [-0.2, 0) is 6.42 Å². The molecular formula is C11H16O. The summed E-state index contributed by atoms with van der Waals surface area (Å²) >= 11 is 0. The molecule has 0 spiro atoms. The van der Waals surface area contributed by atoms with Gasteiger partial charge >= 0.3 is 0 Å². The van der Waals surface area contributed by atoms with E-state index in [1.165, 1.54) is 11.1 Å². The molecule has 0 aliphatic rings. The van der Waals surface area contributed by atoms with Gasteiger partial charge < -0.3 is 4.74 Å². The maximum Gasteiger partial charge on any atom is 0.122 e. The van der Waals surface area contributed by atoms with Crippen LogP contribution in [0.25, 0.3) is 0 Å². The molecule has 0 unspecified atom stereocenters. The fraction of sp³-hybridized carbons (Fsp3) is 0.455. The van der Waals surface area contributed by atoms with Crippen LogP contribution in [0.3, 0.4) is 0 Å². The lowest BCUT2D eigenvalue weighted by Gasteiger charge is -2.10. The average Bonchev–Trinajstić information content (AvgIpc) is 2.05. The van der Waals surface area contributed by atoms with Crippen LogP contribution >= 0.6 is 0 Å². The number of hydrogen-bond donors (Lipinski definition) is 0. The van der Waals surface area contributed by atoms with Gasteiger partial charge in [0.2, 0.25) is 0 Å². The lowest BCUT2D eigenvalue weighted by atomic mass is 10.1. The van der Waals surface area contributed by atoms with Gasteiger partial charge in [0.05, 0.1) is 6.61 Å². The van der Waals surface area contributed by atoms with Gasteiger partial charge in [-0.3, -0.25) is 0 Å². The van der Waals surface area contributed by atoms with Crippen LogP contribution < -0.4 is 4.74 Å². The number of benzene rings is 1. The molecule has 0 aliphatic heterocycles. The molecular weight excluding hydrogens is 148 g/mol. The van der Waals surface area contributed by atoms with Gasteiger partial charge in [0.15, 0.2) is 0 Å². The third-order valence-corrected chi connectivity index (χ3v) is 2.02. The van der Waals surface area contributed by atoms with Crippen LogP contribution in [0, 0.1) is 6.92 Å². The molecule has 0 atom stereocenters. The van der Waals surface area contributed by atoms with Crippen molar-refractivity contribution in [3.8, 4) is 5.75 Å². The van der Waals surface area contributed by atoms with Gasteiger partial charge in [-0.15, -0.1) is 0 Å². The van der Waals surface area contributed by atoms with E-state index in [1.54, 1.807) is 0 Å². The number of aryl methyl sites for hydroxylation is 1. The quantitative estimate of drug-likeness (QED) is 0.667. The summed E-state index contributed by atoms with van der Waals surface area (Å²) in [4.78, 5) is 0. The van der Waals surface area contributed by atoms with E-state index >= 15 is 0 Å². The van der Waals surface area contributed by atoms with Crippen molar-refractivity contribution in [3.05, 3.63) is 29.3 Å². The predicted molar refractivity (Wildman–Crippen MR) is 51.7 cm³/mol. The molecule has 0 saturated heterocycles. The second-order valence-corrected chi connectivity index (χ2v) is 2.84. The highest BCUT2D eigenvalue weighted by Crippen LogP contribution is 2.22. The first-order valence-corrected chi connectivity index (χ1v) is 4.50. The summed E-state index contributed by atoms with van der Waals surface area (Å²) in [5.41, 5.74) is 2.66. The molecule has 0 aliphatic carbocycles. The van der Waals surface area contributed by atoms with Crippen molar-refractivity contribution in [1.82, 2.24) is 0 Å². The molecule has 1 aromatic carbocycles. The first kappa shape index (κ1) is 9.11. The monoisotopic (exact) mass is 164 g/mol. The highest BCUT2D eigenvalue weighted by atomic mass is 16.5. The fourth-order valence-corrected chi connectivity index (χ4v) is 1.42. The van der Waals surface area contributed by atoms with Gasteiger partial charge in [0.25, 0.3) is 0 Å². The highest BCUT2D eigenvalue weighted by Gasteiger charge is 2.02. The molecule has 1 heteroatoms. The van der Waals surface area contributed by atoms with Crippen molar-refractivity contribution in [2.75, 3.05) is 6.61 Å². The predicted octanol–water partition coefficient (Wildman–Crippen LogP) is 2.96. The molecule has 1 aromatic rings.